The van der Waals surface area contributed by atoms with Crippen molar-refractivity contribution in [3.8, 4) is 5.88 Å². The molecule has 0 aliphatic heterocycles. The smallest absolute Gasteiger partial charge is 0.287 e. The fourth-order valence-electron chi connectivity index (χ4n) is 1.81. The van der Waals surface area contributed by atoms with Crippen molar-refractivity contribution < 1.29 is 27.0 Å². The molecule has 0 spiro atoms. The molecule has 0 radical (unpaired) electrons. The van der Waals surface area contributed by atoms with Crippen molar-refractivity contribution in [2.45, 2.75) is 0 Å². The maximum Gasteiger partial charge on any atom is 0.287 e. The van der Waals surface area contributed by atoms with Crippen LogP contribution in [0.1, 0.15) is 5.69 Å². The number of amides is 1. The molecule has 0 saturated heterocycles. The van der Waals surface area contributed by atoms with Crippen molar-refractivity contribution in [3.63, 3.8) is 0 Å². The van der Waals surface area contributed by atoms with Gasteiger partial charge in [0, 0.05) is 6.26 Å². The summed E-state index contributed by atoms with van der Waals surface area (Å²) in [6, 6.07) is 3.76. The van der Waals surface area contributed by atoms with E-state index >= 15 is 0 Å². The minimum absolute atomic E-state index is 0.00194. The second-order valence-electron chi connectivity index (χ2n) is 5.28. The summed E-state index contributed by atoms with van der Waals surface area (Å²) >= 11 is 5.68. The Labute approximate surface area is 158 Å². The number of nitrogens with zero attached hydrogens (tertiary/aromatic N) is 3. The molecule has 27 heavy (non-hydrogen) atoms. The molecule has 13 heteroatoms. The third-order valence-electron chi connectivity index (χ3n) is 2.91. The van der Waals surface area contributed by atoms with Crippen molar-refractivity contribution in [2.24, 2.45) is 10.7 Å². The maximum atomic E-state index is 13.2. The molecule has 1 amide bonds. The van der Waals surface area contributed by atoms with Crippen molar-refractivity contribution in [1.82, 2.24) is 15.6 Å². The largest absolute Gasteiger partial charge is 0.472 e. The fraction of sp³-hybridized carbons (Fsp3) is 0.286. The number of rotatable bonds is 8. The Morgan fingerprint density at radius 3 is 2.85 bits per heavy atom. The van der Waals surface area contributed by atoms with Crippen LogP contribution >= 0.6 is 11.6 Å². The van der Waals surface area contributed by atoms with E-state index in [-0.39, 0.29) is 41.3 Å². The minimum Gasteiger partial charge on any atom is -0.472 e. The van der Waals surface area contributed by atoms with Gasteiger partial charge in [0.25, 0.3) is 5.88 Å². The maximum absolute atomic E-state index is 13.2. The standard InChI is InChI=1S/C14H15ClFN5O5S/c1-27(23,24)7-11(22)18-4-5-25-14-12(20-26-21-14)13(17)19-8-2-3-10(16)9(15)6-8/h2-3,6H,4-5,7H2,1H3,(H2,17,19)(H,18,22). The van der Waals surface area contributed by atoms with Gasteiger partial charge in [-0.25, -0.2) is 22.4 Å². The first-order chi connectivity index (χ1) is 12.7. The highest BCUT2D eigenvalue weighted by atomic mass is 35.5. The van der Waals surface area contributed by atoms with E-state index in [9.17, 15) is 17.6 Å². The van der Waals surface area contributed by atoms with E-state index < -0.39 is 27.3 Å². The Kier molecular flexibility index (Phi) is 6.69. The molecule has 0 atom stereocenters. The monoisotopic (exact) mass is 419 g/mol. The zero-order valence-corrected chi connectivity index (χ0v) is 15.6. The number of aromatic nitrogens is 2. The van der Waals surface area contributed by atoms with E-state index in [1.54, 1.807) is 0 Å². The van der Waals surface area contributed by atoms with Crippen molar-refractivity contribution in [2.75, 3.05) is 25.2 Å². The van der Waals surface area contributed by atoms with Gasteiger partial charge in [0.1, 0.15) is 18.2 Å². The molecule has 1 aromatic heterocycles. The molecule has 10 nitrogen and oxygen atoms in total. The van der Waals surface area contributed by atoms with Gasteiger partial charge in [-0.05, 0) is 28.5 Å². The summed E-state index contributed by atoms with van der Waals surface area (Å²) < 4.78 is 45.0. The highest BCUT2D eigenvalue weighted by Crippen LogP contribution is 2.22. The van der Waals surface area contributed by atoms with Crippen molar-refractivity contribution >= 4 is 38.9 Å². The third-order valence-corrected chi connectivity index (χ3v) is 3.99. The van der Waals surface area contributed by atoms with Gasteiger partial charge < -0.3 is 15.8 Å². The number of nitrogens with two attached hydrogens (primary N) is 1. The highest BCUT2D eigenvalue weighted by molar-refractivity contribution is 7.91. The predicted molar refractivity (Wildman–Crippen MR) is 94.3 cm³/mol. The first-order valence-corrected chi connectivity index (χ1v) is 9.79. The molecular weight excluding hydrogens is 405 g/mol. The number of carbonyl (C=O) groups excluding carboxylic acids is 1. The molecule has 2 aromatic rings. The zero-order valence-electron chi connectivity index (χ0n) is 14.0. The second kappa shape index (κ2) is 8.77. The van der Waals surface area contributed by atoms with Gasteiger partial charge >= 0.3 is 0 Å². The Morgan fingerprint density at radius 2 is 2.19 bits per heavy atom. The third kappa shape index (κ3) is 6.49. The van der Waals surface area contributed by atoms with Crippen LogP contribution < -0.4 is 15.8 Å². The Hall–Kier alpha value is -2.73. The van der Waals surface area contributed by atoms with Crippen LogP contribution in [0, 0.1) is 5.82 Å². The molecule has 0 fully saturated rings. The highest BCUT2D eigenvalue weighted by Gasteiger charge is 2.16. The van der Waals surface area contributed by atoms with Gasteiger partial charge in [-0.15, -0.1) is 0 Å². The first-order valence-electron chi connectivity index (χ1n) is 7.35. The van der Waals surface area contributed by atoms with E-state index in [1.807, 2.05) is 0 Å². The van der Waals surface area contributed by atoms with Crippen molar-refractivity contribution in [3.05, 3.63) is 34.7 Å². The normalized spacial score (nSPS) is 12.0. The molecule has 146 valence electrons. The summed E-state index contributed by atoms with van der Waals surface area (Å²) in [4.78, 5) is 15.4. The molecule has 0 unspecified atom stereocenters. The van der Waals surface area contributed by atoms with Crippen molar-refractivity contribution in [1.29, 1.82) is 0 Å². The average molecular weight is 420 g/mol. The number of carbonyl (C=O) groups is 1. The van der Waals surface area contributed by atoms with E-state index in [0.29, 0.717) is 0 Å². The van der Waals surface area contributed by atoms with Crippen LogP contribution in [-0.4, -0.2) is 55.6 Å². The van der Waals surface area contributed by atoms with Crippen LogP contribution in [0.25, 0.3) is 0 Å². The van der Waals surface area contributed by atoms with E-state index in [1.165, 1.54) is 12.1 Å². The lowest BCUT2D eigenvalue weighted by Crippen LogP contribution is -2.33. The molecule has 0 aliphatic rings. The summed E-state index contributed by atoms with van der Waals surface area (Å²) in [5.41, 5.74) is 6.09. The molecule has 0 saturated carbocycles. The van der Waals surface area contributed by atoms with Gasteiger partial charge in [-0.3, -0.25) is 4.79 Å². The molecule has 3 N–H and O–H groups in total. The lowest BCUT2D eigenvalue weighted by atomic mass is 10.3. The average Bonchev–Trinajstić information content (AvgIpc) is 3.02. The molecule has 0 aliphatic carbocycles. The molecule has 0 bridgehead atoms. The van der Waals surface area contributed by atoms with Crippen LogP contribution in [0.15, 0.2) is 27.8 Å². The van der Waals surface area contributed by atoms with E-state index in [4.69, 9.17) is 22.1 Å². The van der Waals surface area contributed by atoms with Crippen LogP contribution in [0.5, 0.6) is 5.88 Å². The van der Waals surface area contributed by atoms with Gasteiger partial charge in [0.2, 0.25) is 11.6 Å². The van der Waals surface area contributed by atoms with Crippen LogP contribution in [-0.2, 0) is 14.6 Å². The molecule has 2 rings (SSSR count). The number of benzene rings is 1. The molecular formula is C14H15ClFN5O5S. The number of sulfone groups is 1. The Balaban J connectivity index is 1.95. The lowest BCUT2D eigenvalue weighted by Gasteiger charge is -2.05. The zero-order chi connectivity index (χ0) is 20.0. The fourth-order valence-corrected chi connectivity index (χ4v) is 2.56. The Bertz CT molecular complexity index is 963. The summed E-state index contributed by atoms with van der Waals surface area (Å²) in [5.74, 6) is -2.08. The van der Waals surface area contributed by atoms with Gasteiger partial charge in [-0.2, -0.15) is 0 Å². The number of aliphatic imine (C=N–C) groups is 1. The van der Waals surface area contributed by atoms with Gasteiger partial charge in [0.15, 0.2) is 15.7 Å². The summed E-state index contributed by atoms with van der Waals surface area (Å²) in [7, 11) is -3.41. The van der Waals surface area contributed by atoms with E-state index in [2.05, 4.69) is 25.3 Å². The number of hydrogen-bond donors (Lipinski definition) is 2. The topological polar surface area (TPSA) is 150 Å². The summed E-state index contributed by atoms with van der Waals surface area (Å²) in [5, 5.41) is 9.34. The number of halogens is 2. The molecule has 1 aromatic carbocycles. The van der Waals surface area contributed by atoms with Crippen LogP contribution in [0.2, 0.25) is 5.02 Å². The lowest BCUT2D eigenvalue weighted by molar-refractivity contribution is -0.118. The predicted octanol–water partition coefficient (Wildman–Crippen LogP) is 0.439. The Morgan fingerprint density at radius 1 is 1.44 bits per heavy atom. The van der Waals surface area contributed by atoms with Gasteiger partial charge in [0.05, 0.1) is 17.3 Å². The number of ether oxygens (including phenoxy) is 1. The van der Waals surface area contributed by atoms with Gasteiger partial charge in [-0.1, -0.05) is 11.6 Å². The number of nitrogens with one attached hydrogen (secondary N) is 1. The molecule has 1 heterocycles. The van der Waals surface area contributed by atoms with Crippen LogP contribution in [0.3, 0.4) is 0 Å². The number of hydrogen-bond acceptors (Lipinski definition) is 8. The SMILES string of the molecule is CS(=O)(=O)CC(=O)NCCOc1nonc1C(N)=Nc1ccc(F)c(Cl)c1. The minimum atomic E-state index is -3.41. The summed E-state index contributed by atoms with van der Waals surface area (Å²) in [6.07, 6.45) is 0.951. The quantitative estimate of drug-likeness (QED) is 0.355. The first kappa shape index (κ1) is 20.6. The van der Waals surface area contributed by atoms with E-state index in [0.717, 1.165) is 12.3 Å². The van der Waals surface area contributed by atoms with Crippen LogP contribution in [0.4, 0.5) is 10.1 Å². The second-order valence-corrected chi connectivity index (χ2v) is 7.83. The number of amidine groups is 1. The summed E-state index contributed by atoms with van der Waals surface area (Å²) in [6.45, 7) is -0.0301.